The molecule has 1 heterocycles. The van der Waals surface area contributed by atoms with Gasteiger partial charge in [0.1, 0.15) is 4.32 Å². The van der Waals surface area contributed by atoms with E-state index in [2.05, 4.69) is 31.3 Å². The lowest BCUT2D eigenvalue weighted by atomic mass is 9.92. The maximum atomic E-state index is 13.5. The lowest BCUT2D eigenvalue weighted by Crippen LogP contribution is -2.50. The van der Waals surface area contributed by atoms with Crippen LogP contribution in [0.1, 0.15) is 43.1 Å². The minimum atomic E-state index is -0.380. The van der Waals surface area contributed by atoms with Gasteiger partial charge >= 0.3 is 0 Å². The monoisotopic (exact) mass is 454 g/mol. The second-order valence-corrected chi connectivity index (χ2v) is 10.0. The zero-order valence-corrected chi connectivity index (χ0v) is 19.9. The summed E-state index contributed by atoms with van der Waals surface area (Å²) < 4.78 is 0.645. The molecule has 1 saturated heterocycles. The molecule has 4 nitrogen and oxygen atoms in total. The Hall–Kier alpha value is -2.18. The Kier molecular flexibility index (Phi) is 8.27. The first kappa shape index (κ1) is 23.5. The largest absolute Gasteiger partial charge is 0.349 e. The molecule has 1 aliphatic heterocycles. The number of nitrogens with zero attached hydrogens (tertiary/aromatic N) is 1. The van der Waals surface area contributed by atoms with Crippen LogP contribution in [0.25, 0.3) is 0 Å². The molecule has 0 radical (unpaired) electrons. The number of amides is 2. The van der Waals surface area contributed by atoms with Crippen molar-refractivity contribution in [1.82, 2.24) is 10.2 Å². The molecule has 2 aromatic carbocycles. The summed E-state index contributed by atoms with van der Waals surface area (Å²) in [4.78, 5) is 28.2. The van der Waals surface area contributed by atoms with Crippen LogP contribution < -0.4 is 5.32 Å². The zero-order valence-electron chi connectivity index (χ0n) is 18.3. The van der Waals surface area contributed by atoms with Gasteiger partial charge in [0.15, 0.2) is 0 Å². The minimum absolute atomic E-state index is 0.000114. The predicted molar refractivity (Wildman–Crippen MR) is 132 cm³/mol. The number of thioether (sulfide) groups is 1. The van der Waals surface area contributed by atoms with E-state index in [1.807, 2.05) is 43.3 Å². The number of nitrogens with one attached hydrogen (secondary N) is 1. The van der Waals surface area contributed by atoms with Crippen LogP contribution in [0.5, 0.6) is 0 Å². The van der Waals surface area contributed by atoms with Crippen molar-refractivity contribution in [2.24, 2.45) is 11.8 Å². The van der Waals surface area contributed by atoms with Crippen molar-refractivity contribution in [1.29, 1.82) is 0 Å². The van der Waals surface area contributed by atoms with Crippen molar-refractivity contribution in [3.63, 3.8) is 0 Å². The normalized spacial score (nSPS) is 18.1. The maximum absolute atomic E-state index is 13.5. The highest BCUT2D eigenvalue weighted by atomic mass is 32.2. The highest BCUT2D eigenvalue weighted by molar-refractivity contribution is 8.23. The molecular weight excluding hydrogens is 424 g/mol. The van der Waals surface area contributed by atoms with Gasteiger partial charge in [-0.25, -0.2) is 0 Å². The Morgan fingerprint density at radius 2 is 1.68 bits per heavy atom. The number of carbonyl (C=O) groups is 2. The molecule has 1 N–H and O–H groups in total. The summed E-state index contributed by atoms with van der Waals surface area (Å²) in [5.74, 6) is 0.622. The van der Waals surface area contributed by atoms with Crippen molar-refractivity contribution in [2.75, 3.05) is 5.75 Å². The average molecular weight is 455 g/mol. The summed E-state index contributed by atoms with van der Waals surface area (Å²) >= 11 is 7.07. The van der Waals surface area contributed by atoms with Crippen molar-refractivity contribution in [2.45, 2.75) is 45.7 Å². The van der Waals surface area contributed by atoms with E-state index in [9.17, 15) is 9.59 Å². The van der Waals surface area contributed by atoms with Gasteiger partial charge < -0.3 is 5.32 Å². The van der Waals surface area contributed by atoms with Crippen LogP contribution in [-0.2, 0) is 11.2 Å². The average Bonchev–Trinajstić information content (AvgIpc) is 3.18. The molecule has 3 atom stereocenters. The lowest BCUT2D eigenvalue weighted by Gasteiger charge is -2.32. The molecule has 0 spiro atoms. The Balaban J connectivity index is 1.79. The van der Waals surface area contributed by atoms with E-state index in [4.69, 9.17) is 12.2 Å². The topological polar surface area (TPSA) is 49.4 Å². The molecule has 0 aliphatic carbocycles. The van der Waals surface area contributed by atoms with Crippen LogP contribution in [0.4, 0.5) is 0 Å². The highest BCUT2D eigenvalue weighted by Crippen LogP contribution is 2.31. The van der Waals surface area contributed by atoms with E-state index >= 15 is 0 Å². The molecule has 0 unspecified atom stereocenters. The molecule has 0 saturated carbocycles. The SMILES string of the molecule is CC(C)[C@H]1CSC(=S)N1C(=O)[C@H](C)[C@@H](CCc1ccccc1)NC(=O)c1ccccc1. The summed E-state index contributed by atoms with van der Waals surface area (Å²) in [7, 11) is 0. The van der Waals surface area contributed by atoms with Gasteiger partial charge in [-0.05, 0) is 36.5 Å². The summed E-state index contributed by atoms with van der Waals surface area (Å²) in [5, 5.41) is 3.13. The molecule has 1 aliphatic rings. The van der Waals surface area contributed by atoms with Crippen LogP contribution in [0.2, 0.25) is 0 Å². The summed E-state index contributed by atoms with van der Waals surface area (Å²) in [5.41, 5.74) is 1.78. The second-order valence-electron chi connectivity index (χ2n) is 8.36. The predicted octanol–water partition coefficient (Wildman–Crippen LogP) is 4.94. The van der Waals surface area contributed by atoms with E-state index < -0.39 is 0 Å². The standard InChI is InChI=1S/C25H30N2O2S2/c1-17(2)22-16-31-25(30)27(22)24(29)18(3)21(15-14-19-10-6-4-7-11-19)26-23(28)20-12-8-5-9-13-20/h4-13,17-18,21-22H,14-16H2,1-3H3,(H,26,28)/t18-,21-,22-/m1/s1. The summed E-state index contributed by atoms with van der Waals surface area (Å²) in [6, 6.07) is 19.1. The van der Waals surface area contributed by atoms with E-state index in [1.54, 1.807) is 28.8 Å². The fourth-order valence-corrected chi connectivity index (χ4v) is 5.47. The van der Waals surface area contributed by atoms with E-state index in [-0.39, 0.29) is 29.8 Å². The van der Waals surface area contributed by atoms with Crippen LogP contribution in [-0.4, -0.2) is 38.9 Å². The summed E-state index contributed by atoms with van der Waals surface area (Å²) in [6.45, 7) is 6.15. The molecule has 0 bridgehead atoms. The quantitative estimate of drug-likeness (QED) is 0.574. The zero-order chi connectivity index (χ0) is 22.4. The maximum Gasteiger partial charge on any atom is 0.251 e. The molecule has 31 heavy (non-hydrogen) atoms. The highest BCUT2D eigenvalue weighted by Gasteiger charge is 2.39. The molecular formula is C25H30N2O2S2. The summed E-state index contributed by atoms with van der Waals surface area (Å²) in [6.07, 6.45) is 1.46. The Bertz CT molecular complexity index is 902. The van der Waals surface area contributed by atoms with Crippen molar-refractivity contribution < 1.29 is 9.59 Å². The van der Waals surface area contributed by atoms with Crippen LogP contribution in [0, 0.1) is 11.8 Å². The van der Waals surface area contributed by atoms with Crippen molar-refractivity contribution in [3.8, 4) is 0 Å². The van der Waals surface area contributed by atoms with Gasteiger partial charge in [-0.3, -0.25) is 14.5 Å². The molecule has 6 heteroatoms. The van der Waals surface area contributed by atoms with Gasteiger partial charge in [-0.2, -0.15) is 0 Å². The number of carbonyl (C=O) groups excluding carboxylic acids is 2. The Labute approximate surface area is 194 Å². The van der Waals surface area contributed by atoms with Gasteiger partial charge in [0.25, 0.3) is 5.91 Å². The third-order valence-electron chi connectivity index (χ3n) is 5.85. The number of hydrogen-bond donors (Lipinski definition) is 1. The van der Waals surface area contributed by atoms with Gasteiger partial charge in [0, 0.05) is 23.4 Å². The Morgan fingerprint density at radius 3 is 2.29 bits per heavy atom. The van der Waals surface area contributed by atoms with E-state index in [0.29, 0.717) is 22.2 Å². The fourth-order valence-electron chi connectivity index (χ4n) is 3.83. The Morgan fingerprint density at radius 1 is 1.06 bits per heavy atom. The number of aryl methyl sites for hydroxylation is 1. The first-order valence-corrected chi connectivity index (χ1v) is 12.2. The molecule has 164 valence electrons. The third kappa shape index (κ3) is 5.95. The molecule has 1 fully saturated rings. The first-order chi connectivity index (χ1) is 14.9. The minimum Gasteiger partial charge on any atom is -0.349 e. The van der Waals surface area contributed by atoms with Crippen molar-refractivity contribution >= 4 is 40.1 Å². The lowest BCUT2D eigenvalue weighted by molar-refractivity contribution is -0.133. The molecule has 2 aromatic rings. The van der Waals surface area contributed by atoms with Crippen LogP contribution in [0.3, 0.4) is 0 Å². The van der Waals surface area contributed by atoms with Crippen LogP contribution >= 0.6 is 24.0 Å². The van der Waals surface area contributed by atoms with E-state index in [1.165, 1.54) is 5.56 Å². The van der Waals surface area contributed by atoms with Gasteiger partial charge in [0.05, 0.1) is 5.92 Å². The fraction of sp³-hybridized carbons (Fsp3) is 0.400. The molecule has 2 amide bonds. The van der Waals surface area contributed by atoms with Gasteiger partial charge in [-0.1, -0.05) is 93.3 Å². The molecule has 3 rings (SSSR count). The number of benzene rings is 2. The third-order valence-corrected chi connectivity index (χ3v) is 7.35. The number of thiocarbonyl (C=S) groups is 1. The second kappa shape index (κ2) is 10.9. The van der Waals surface area contributed by atoms with E-state index in [0.717, 1.165) is 12.2 Å². The van der Waals surface area contributed by atoms with Crippen molar-refractivity contribution in [3.05, 3.63) is 71.8 Å². The number of hydrogen-bond acceptors (Lipinski definition) is 4. The van der Waals surface area contributed by atoms with Gasteiger partial charge in [0.2, 0.25) is 5.91 Å². The smallest absolute Gasteiger partial charge is 0.251 e. The number of rotatable bonds is 8. The van der Waals surface area contributed by atoms with Gasteiger partial charge in [-0.15, -0.1) is 0 Å². The van der Waals surface area contributed by atoms with Crippen LogP contribution in [0.15, 0.2) is 60.7 Å². The molecule has 0 aromatic heterocycles. The first-order valence-electron chi connectivity index (χ1n) is 10.8.